The van der Waals surface area contributed by atoms with E-state index in [2.05, 4.69) is 21.1 Å². The molecule has 3 nitrogen and oxygen atoms in total. The number of para-hydroxylation sites is 2. The summed E-state index contributed by atoms with van der Waals surface area (Å²) in [5.74, 6) is 0. The Hall–Kier alpha value is -1.53. The molecule has 0 aromatic heterocycles. The zero-order chi connectivity index (χ0) is 11.0. The molecule has 2 fully saturated rings. The van der Waals surface area contributed by atoms with Crippen LogP contribution in [0.4, 0.5) is 11.4 Å². The van der Waals surface area contributed by atoms with Crippen molar-refractivity contribution in [1.82, 2.24) is 5.32 Å². The third kappa shape index (κ3) is 1.56. The van der Waals surface area contributed by atoms with Crippen molar-refractivity contribution in [2.24, 2.45) is 0 Å². The lowest BCUT2D eigenvalue weighted by molar-refractivity contribution is 0.466. The monoisotopic (exact) mass is 213 g/mol. The van der Waals surface area contributed by atoms with Crippen molar-refractivity contribution in [3.63, 3.8) is 0 Å². The second-order valence-corrected chi connectivity index (χ2v) is 4.64. The van der Waals surface area contributed by atoms with Crippen molar-refractivity contribution >= 4 is 11.4 Å². The Morgan fingerprint density at radius 1 is 1.19 bits per heavy atom. The minimum absolute atomic E-state index is 0.623. The molecule has 2 heterocycles. The van der Waals surface area contributed by atoms with Gasteiger partial charge in [0.2, 0.25) is 5.69 Å². The predicted molar refractivity (Wildman–Crippen MR) is 64.9 cm³/mol. The molecule has 2 saturated heterocycles. The smallest absolute Gasteiger partial charge is 0.209 e. The van der Waals surface area contributed by atoms with Crippen molar-refractivity contribution in [1.29, 1.82) is 0 Å². The molecule has 2 aliphatic rings. The molecule has 0 saturated carbocycles. The van der Waals surface area contributed by atoms with E-state index in [4.69, 9.17) is 6.57 Å². The molecule has 1 N–H and O–H groups in total. The van der Waals surface area contributed by atoms with E-state index < -0.39 is 0 Å². The number of hydrogen-bond donors (Lipinski definition) is 1. The molecule has 16 heavy (non-hydrogen) atoms. The van der Waals surface area contributed by atoms with Gasteiger partial charge in [-0.2, -0.15) is 0 Å². The van der Waals surface area contributed by atoms with Gasteiger partial charge in [-0.1, -0.05) is 18.2 Å². The normalized spacial score (nSPS) is 27.8. The number of benzene rings is 1. The Kier molecular flexibility index (Phi) is 2.30. The number of hydrogen-bond acceptors (Lipinski definition) is 2. The first-order valence-electron chi connectivity index (χ1n) is 5.84. The number of nitrogens with one attached hydrogen (secondary N) is 1. The van der Waals surface area contributed by atoms with Crippen LogP contribution in [0.3, 0.4) is 0 Å². The minimum atomic E-state index is 0.623. The fraction of sp³-hybridized carbons (Fsp3) is 0.462. The third-order valence-corrected chi connectivity index (χ3v) is 3.56. The number of nitrogens with zero attached hydrogens (tertiary/aromatic N) is 2. The summed E-state index contributed by atoms with van der Waals surface area (Å²) in [6.45, 7) is 9.29. The molecule has 82 valence electrons. The second-order valence-electron chi connectivity index (χ2n) is 4.64. The van der Waals surface area contributed by atoms with E-state index in [1.165, 1.54) is 12.8 Å². The third-order valence-electron chi connectivity index (χ3n) is 3.56. The molecular formula is C13H15N3. The van der Waals surface area contributed by atoms with Gasteiger partial charge in [0.05, 0.1) is 6.57 Å². The predicted octanol–water partition coefficient (Wildman–Crippen LogP) is 2.18. The highest BCUT2D eigenvalue weighted by molar-refractivity contribution is 5.71. The van der Waals surface area contributed by atoms with E-state index in [1.54, 1.807) is 0 Å². The molecule has 1 aromatic carbocycles. The quantitative estimate of drug-likeness (QED) is 0.721. The van der Waals surface area contributed by atoms with Crippen molar-refractivity contribution < 1.29 is 0 Å². The van der Waals surface area contributed by atoms with Crippen LogP contribution in [0.5, 0.6) is 0 Å². The number of piperazine rings is 1. The van der Waals surface area contributed by atoms with Gasteiger partial charge in [0.1, 0.15) is 0 Å². The van der Waals surface area contributed by atoms with Gasteiger partial charge in [0.25, 0.3) is 0 Å². The van der Waals surface area contributed by atoms with Crippen LogP contribution >= 0.6 is 0 Å². The van der Waals surface area contributed by atoms with Crippen LogP contribution in [-0.4, -0.2) is 25.2 Å². The van der Waals surface area contributed by atoms with Crippen molar-refractivity contribution in [3.8, 4) is 0 Å². The lowest BCUT2D eigenvalue weighted by atomic mass is 10.2. The van der Waals surface area contributed by atoms with Gasteiger partial charge in [-0.25, -0.2) is 4.85 Å². The Morgan fingerprint density at radius 2 is 1.88 bits per heavy atom. The Bertz CT molecular complexity index is 423. The molecule has 0 aliphatic carbocycles. The average molecular weight is 213 g/mol. The molecule has 3 rings (SSSR count). The van der Waals surface area contributed by atoms with Crippen molar-refractivity contribution in [2.45, 2.75) is 24.9 Å². The highest BCUT2D eigenvalue weighted by atomic mass is 15.2. The van der Waals surface area contributed by atoms with Crippen LogP contribution in [0.25, 0.3) is 4.85 Å². The van der Waals surface area contributed by atoms with Crippen molar-refractivity contribution in [2.75, 3.05) is 18.0 Å². The van der Waals surface area contributed by atoms with Gasteiger partial charge in [0, 0.05) is 30.9 Å². The molecule has 0 spiro atoms. The van der Waals surface area contributed by atoms with E-state index in [-0.39, 0.29) is 0 Å². The van der Waals surface area contributed by atoms with Crippen LogP contribution < -0.4 is 10.2 Å². The summed E-state index contributed by atoms with van der Waals surface area (Å²) in [5.41, 5.74) is 1.89. The molecule has 2 bridgehead atoms. The average Bonchev–Trinajstić information content (AvgIpc) is 2.68. The van der Waals surface area contributed by atoms with Gasteiger partial charge in [0.15, 0.2) is 0 Å². The van der Waals surface area contributed by atoms with E-state index in [1.807, 2.05) is 18.2 Å². The largest absolute Gasteiger partial charge is 0.377 e. The van der Waals surface area contributed by atoms with Crippen LogP contribution in [0.1, 0.15) is 12.8 Å². The summed E-state index contributed by atoms with van der Waals surface area (Å²) in [6, 6.07) is 9.18. The molecule has 2 unspecified atom stereocenters. The molecular weight excluding hydrogens is 198 g/mol. The van der Waals surface area contributed by atoms with Gasteiger partial charge in [-0.3, -0.25) is 0 Å². The topological polar surface area (TPSA) is 19.6 Å². The van der Waals surface area contributed by atoms with E-state index >= 15 is 0 Å². The van der Waals surface area contributed by atoms with E-state index in [0.29, 0.717) is 12.1 Å². The lowest BCUT2D eigenvalue weighted by Gasteiger charge is -2.35. The summed E-state index contributed by atoms with van der Waals surface area (Å²) in [7, 11) is 0. The number of anilines is 1. The SMILES string of the molecule is [C-]#[N+]c1ccccc1N1CC2CCC(C1)N2. The van der Waals surface area contributed by atoms with Gasteiger partial charge >= 0.3 is 0 Å². The van der Waals surface area contributed by atoms with Crippen LogP contribution in [0, 0.1) is 6.57 Å². The van der Waals surface area contributed by atoms with Crippen molar-refractivity contribution in [3.05, 3.63) is 35.7 Å². The molecule has 2 atom stereocenters. The first-order chi connectivity index (χ1) is 7.86. The fourth-order valence-electron chi connectivity index (χ4n) is 2.82. The van der Waals surface area contributed by atoms with Crippen LogP contribution in [0.2, 0.25) is 0 Å². The summed E-state index contributed by atoms with van der Waals surface area (Å²) >= 11 is 0. The van der Waals surface area contributed by atoms with Crippen LogP contribution in [0.15, 0.2) is 24.3 Å². The molecule has 1 aromatic rings. The Balaban J connectivity index is 1.90. The first kappa shape index (κ1) is 9.68. The maximum Gasteiger partial charge on any atom is 0.209 e. The minimum Gasteiger partial charge on any atom is -0.377 e. The van der Waals surface area contributed by atoms with Crippen LogP contribution in [-0.2, 0) is 0 Å². The first-order valence-corrected chi connectivity index (χ1v) is 5.84. The number of fused-ring (bicyclic) bond motifs is 2. The zero-order valence-electron chi connectivity index (χ0n) is 9.19. The maximum absolute atomic E-state index is 7.20. The lowest BCUT2D eigenvalue weighted by Crippen LogP contribution is -2.51. The molecule has 0 amide bonds. The zero-order valence-corrected chi connectivity index (χ0v) is 9.19. The summed E-state index contributed by atoms with van der Waals surface area (Å²) in [6.07, 6.45) is 2.56. The highest BCUT2D eigenvalue weighted by Gasteiger charge is 2.32. The molecule has 3 heteroatoms. The van der Waals surface area contributed by atoms with E-state index in [0.717, 1.165) is 24.5 Å². The molecule has 2 aliphatic heterocycles. The molecule has 0 radical (unpaired) electrons. The Labute approximate surface area is 95.9 Å². The number of rotatable bonds is 1. The summed E-state index contributed by atoms with van der Waals surface area (Å²) in [4.78, 5) is 5.97. The standard InChI is InChI=1S/C13H15N3/c1-14-12-4-2-3-5-13(12)16-8-10-6-7-11(9-16)15-10/h2-5,10-11,15H,6-9H2. The van der Waals surface area contributed by atoms with Gasteiger partial charge < -0.3 is 10.2 Å². The second kappa shape index (κ2) is 3.80. The fourth-order valence-corrected chi connectivity index (χ4v) is 2.82. The summed E-state index contributed by atoms with van der Waals surface area (Å²) < 4.78 is 0. The van der Waals surface area contributed by atoms with Gasteiger partial charge in [-0.15, -0.1) is 0 Å². The summed E-state index contributed by atoms with van der Waals surface area (Å²) in [5, 5.41) is 3.61. The maximum atomic E-state index is 7.20. The highest BCUT2D eigenvalue weighted by Crippen LogP contribution is 2.32. The van der Waals surface area contributed by atoms with Gasteiger partial charge in [-0.05, 0) is 18.9 Å². The Morgan fingerprint density at radius 3 is 2.56 bits per heavy atom. The van der Waals surface area contributed by atoms with E-state index in [9.17, 15) is 0 Å².